The van der Waals surface area contributed by atoms with Crippen LogP contribution in [0.5, 0.6) is 0 Å². The number of nitrogens with one attached hydrogen (secondary N) is 1. The van der Waals surface area contributed by atoms with Crippen molar-refractivity contribution in [2.24, 2.45) is 0 Å². The van der Waals surface area contributed by atoms with Crippen LogP contribution in [-0.2, 0) is 17.5 Å². The fraction of sp³-hybridized carbons (Fsp3) is 0.263. The summed E-state index contributed by atoms with van der Waals surface area (Å²) in [6.45, 7) is 4.25. The molecule has 0 aliphatic carbocycles. The van der Waals surface area contributed by atoms with Crippen LogP contribution in [-0.4, -0.2) is 20.7 Å². The van der Waals surface area contributed by atoms with E-state index in [1.165, 1.54) is 17.8 Å². The van der Waals surface area contributed by atoms with Gasteiger partial charge >= 0.3 is 6.18 Å². The van der Waals surface area contributed by atoms with Crippen molar-refractivity contribution in [3.8, 4) is 0 Å². The number of rotatable bonds is 5. The number of nitrogens with zero attached hydrogens (tertiary/aromatic N) is 2. The van der Waals surface area contributed by atoms with Crippen molar-refractivity contribution in [1.29, 1.82) is 0 Å². The zero-order chi connectivity index (χ0) is 20.5. The number of alkyl halides is 3. The van der Waals surface area contributed by atoms with Crippen LogP contribution in [0.15, 0.2) is 47.6 Å². The van der Waals surface area contributed by atoms with Crippen molar-refractivity contribution in [3.63, 3.8) is 0 Å². The lowest BCUT2D eigenvalue weighted by atomic mass is 10.1. The Hall–Kier alpha value is -2.19. The Morgan fingerprint density at radius 1 is 1.29 bits per heavy atom. The van der Waals surface area contributed by atoms with Crippen molar-refractivity contribution in [2.75, 3.05) is 5.32 Å². The molecule has 0 fully saturated rings. The summed E-state index contributed by atoms with van der Waals surface area (Å²) < 4.78 is 41.6. The molecule has 1 N–H and O–H groups in total. The van der Waals surface area contributed by atoms with Crippen LogP contribution in [0, 0.1) is 0 Å². The molecule has 1 unspecified atom stereocenters. The first-order valence-corrected chi connectivity index (χ1v) is 9.76. The second-order valence-electron chi connectivity index (χ2n) is 6.06. The zero-order valence-electron chi connectivity index (χ0n) is 15.0. The number of hydrogen-bond donors (Lipinski definition) is 1. The van der Waals surface area contributed by atoms with Crippen molar-refractivity contribution in [3.05, 3.63) is 53.1 Å². The summed E-state index contributed by atoms with van der Waals surface area (Å²) in [5.74, 6) is -0.549. The minimum absolute atomic E-state index is 0.0515. The van der Waals surface area contributed by atoms with Crippen LogP contribution in [0.2, 0.25) is 5.02 Å². The maximum Gasteiger partial charge on any atom is 0.418 e. The summed E-state index contributed by atoms with van der Waals surface area (Å²) in [5, 5.41) is 2.29. The topological polar surface area (TPSA) is 46.9 Å². The first kappa shape index (κ1) is 20.5. The van der Waals surface area contributed by atoms with Gasteiger partial charge in [0.15, 0.2) is 5.16 Å². The van der Waals surface area contributed by atoms with Crippen LogP contribution in [0.1, 0.15) is 19.4 Å². The van der Waals surface area contributed by atoms with E-state index in [1.54, 1.807) is 6.92 Å². The summed E-state index contributed by atoms with van der Waals surface area (Å²) in [6, 6.07) is 10.8. The molecule has 1 aromatic heterocycles. The fourth-order valence-corrected chi connectivity index (χ4v) is 3.92. The van der Waals surface area contributed by atoms with E-state index in [0.29, 0.717) is 11.7 Å². The number of thioether (sulfide) groups is 1. The van der Waals surface area contributed by atoms with E-state index in [-0.39, 0.29) is 10.7 Å². The zero-order valence-corrected chi connectivity index (χ0v) is 16.6. The SMILES string of the molecule is CCn1c(SC(C)C(=O)Nc2ccc(Cl)cc2C(F)(F)F)nc2ccccc21. The summed E-state index contributed by atoms with van der Waals surface area (Å²) in [6.07, 6.45) is -4.62. The monoisotopic (exact) mass is 427 g/mol. The van der Waals surface area contributed by atoms with Crippen molar-refractivity contribution in [2.45, 2.75) is 37.0 Å². The highest BCUT2D eigenvalue weighted by molar-refractivity contribution is 8.00. The lowest BCUT2D eigenvalue weighted by Gasteiger charge is -2.16. The number of fused-ring (bicyclic) bond motifs is 1. The van der Waals surface area contributed by atoms with Crippen LogP contribution < -0.4 is 5.32 Å². The van der Waals surface area contributed by atoms with E-state index >= 15 is 0 Å². The second kappa shape index (κ2) is 8.05. The van der Waals surface area contributed by atoms with Gasteiger partial charge in [-0.05, 0) is 44.2 Å². The number of benzene rings is 2. The molecule has 0 saturated heterocycles. The molecule has 0 saturated carbocycles. The molecule has 0 aliphatic heterocycles. The molecule has 1 atom stereocenters. The van der Waals surface area contributed by atoms with Gasteiger partial charge in [-0.1, -0.05) is 35.5 Å². The number of aryl methyl sites for hydroxylation is 1. The fourth-order valence-electron chi connectivity index (χ4n) is 2.75. The predicted octanol–water partition coefficient (Wildman–Crippen LogP) is 5.85. The molecule has 1 heterocycles. The second-order valence-corrected chi connectivity index (χ2v) is 7.81. The Bertz CT molecular complexity index is 1020. The molecule has 1 amide bonds. The number of carbonyl (C=O) groups excluding carboxylic acids is 1. The molecule has 9 heteroatoms. The van der Waals surface area contributed by atoms with Gasteiger partial charge in [0.05, 0.1) is 27.5 Å². The molecule has 4 nitrogen and oxygen atoms in total. The van der Waals surface area contributed by atoms with E-state index in [2.05, 4.69) is 10.3 Å². The van der Waals surface area contributed by atoms with Crippen LogP contribution >= 0.6 is 23.4 Å². The summed E-state index contributed by atoms with van der Waals surface area (Å²) in [4.78, 5) is 17.1. The quantitative estimate of drug-likeness (QED) is 0.520. The van der Waals surface area contributed by atoms with E-state index < -0.39 is 22.9 Å². The van der Waals surface area contributed by atoms with Crippen LogP contribution in [0.25, 0.3) is 11.0 Å². The van der Waals surface area contributed by atoms with Gasteiger partial charge in [-0.15, -0.1) is 0 Å². The normalized spacial score (nSPS) is 12.9. The van der Waals surface area contributed by atoms with Gasteiger partial charge in [-0.2, -0.15) is 13.2 Å². The number of hydrogen-bond acceptors (Lipinski definition) is 3. The van der Waals surface area contributed by atoms with Crippen LogP contribution in [0.4, 0.5) is 18.9 Å². The third-order valence-corrected chi connectivity index (χ3v) is 5.46. The Morgan fingerprint density at radius 2 is 2.00 bits per heavy atom. The maximum absolute atomic E-state index is 13.2. The first-order valence-electron chi connectivity index (χ1n) is 8.50. The van der Waals surface area contributed by atoms with Crippen molar-refractivity contribution in [1.82, 2.24) is 9.55 Å². The Labute approximate surface area is 169 Å². The Morgan fingerprint density at radius 3 is 2.68 bits per heavy atom. The van der Waals surface area contributed by atoms with Crippen LogP contribution in [0.3, 0.4) is 0 Å². The van der Waals surface area contributed by atoms with Gasteiger partial charge in [0.1, 0.15) is 0 Å². The van der Waals surface area contributed by atoms with Gasteiger partial charge in [-0.3, -0.25) is 4.79 Å². The maximum atomic E-state index is 13.2. The number of para-hydroxylation sites is 2. The molecule has 28 heavy (non-hydrogen) atoms. The largest absolute Gasteiger partial charge is 0.418 e. The average Bonchev–Trinajstić information content (AvgIpc) is 2.99. The van der Waals surface area contributed by atoms with Crippen molar-refractivity contribution < 1.29 is 18.0 Å². The number of aromatic nitrogens is 2. The lowest BCUT2D eigenvalue weighted by molar-refractivity contribution is -0.137. The molecule has 3 rings (SSSR count). The minimum Gasteiger partial charge on any atom is -0.325 e. The third kappa shape index (κ3) is 4.28. The molecule has 0 radical (unpaired) electrons. The molecule has 0 bridgehead atoms. The standard InChI is InChI=1S/C19H17ClF3N3OS/c1-3-26-16-7-5-4-6-15(16)25-18(26)28-11(2)17(27)24-14-9-8-12(20)10-13(14)19(21,22)23/h4-11H,3H2,1-2H3,(H,24,27). The minimum atomic E-state index is -4.62. The molecule has 148 valence electrons. The summed E-state index contributed by atoms with van der Waals surface area (Å²) >= 11 is 6.87. The first-order chi connectivity index (χ1) is 13.2. The van der Waals surface area contributed by atoms with Gasteiger partial charge < -0.3 is 9.88 Å². The summed E-state index contributed by atoms with van der Waals surface area (Å²) in [5.41, 5.74) is 0.443. The van der Waals surface area contributed by atoms with E-state index in [9.17, 15) is 18.0 Å². The van der Waals surface area contributed by atoms with E-state index in [4.69, 9.17) is 11.6 Å². The number of halogens is 4. The third-order valence-electron chi connectivity index (χ3n) is 4.13. The highest BCUT2D eigenvalue weighted by atomic mass is 35.5. The number of amides is 1. The Balaban J connectivity index is 1.81. The number of carbonyl (C=O) groups is 1. The predicted molar refractivity (Wildman–Crippen MR) is 106 cm³/mol. The number of anilines is 1. The molecule has 2 aromatic carbocycles. The van der Waals surface area contributed by atoms with Gasteiger partial charge in [0, 0.05) is 11.6 Å². The Kier molecular flexibility index (Phi) is 5.90. The lowest BCUT2D eigenvalue weighted by Crippen LogP contribution is -2.24. The summed E-state index contributed by atoms with van der Waals surface area (Å²) in [7, 11) is 0. The molecule has 0 spiro atoms. The van der Waals surface area contributed by atoms with E-state index in [0.717, 1.165) is 23.2 Å². The van der Waals surface area contributed by atoms with Gasteiger partial charge in [0.25, 0.3) is 0 Å². The van der Waals surface area contributed by atoms with Gasteiger partial charge in [-0.25, -0.2) is 4.98 Å². The molecular weight excluding hydrogens is 411 g/mol. The van der Waals surface area contributed by atoms with Gasteiger partial charge in [0.2, 0.25) is 5.91 Å². The highest BCUT2D eigenvalue weighted by Gasteiger charge is 2.34. The highest BCUT2D eigenvalue weighted by Crippen LogP contribution is 2.37. The molecule has 0 aliphatic rings. The smallest absolute Gasteiger partial charge is 0.325 e. The number of imidazole rings is 1. The average molecular weight is 428 g/mol. The molecular formula is C19H17ClF3N3OS. The van der Waals surface area contributed by atoms with Crippen molar-refractivity contribution >= 4 is 46.0 Å². The van der Waals surface area contributed by atoms with E-state index in [1.807, 2.05) is 35.8 Å². The molecule has 3 aromatic rings.